The summed E-state index contributed by atoms with van der Waals surface area (Å²) in [4.78, 5) is 7.47. The van der Waals surface area contributed by atoms with Crippen LogP contribution in [0, 0.1) is 0 Å². The van der Waals surface area contributed by atoms with Crippen molar-refractivity contribution in [2.24, 2.45) is 4.99 Å². The summed E-state index contributed by atoms with van der Waals surface area (Å²) in [6, 6.07) is 43.2. The fourth-order valence-corrected chi connectivity index (χ4v) is 9.54. The van der Waals surface area contributed by atoms with Crippen molar-refractivity contribution >= 4 is 52.1 Å². The van der Waals surface area contributed by atoms with Crippen LogP contribution in [0.15, 0.2) is 144 Å². The van der Waals surface area contributed by atoms with Gasteiger partial charge in [0.15, 0.2) is 0 Å². The van der Waals surface area contributed by atoms with Gasteiger partial charge < -0.3 is 9.47 Å². The minimum atomic E-state index is 0.227. The van der Waals surface area contributed by atoms with Crippen LogP contribution in [0.4, 0.5) is 11.4 Å². The standard InChI is InChI=1S/C48H37N4/c1-2-31-17-20-40-41-25-30(15-19-38-36-13-6-7-14-37(36)39-23-24-50-47(38)39)16-21-45(41)52(48(31)40)35-12-8-9-32(26-35)33-18-22-44-42(27-33)43-28-49-29-46(43)51(44)34-10-4-3-5-11-34/h3-14,16-18,20-29,38,47-48H,2,15,19H2,1H3/q+1. The van der Waals surface area contributed by atoms with E-state index in [9.17, 15) is 0 Å². The topological polar surface area (TPSA) is 34.6 Å². The molecule has 4 heterocycles. The second-order valence-corrected chi connectivity index (χ2v) is 14.6. The first-order chi connectivity index (χ1) is 25.7. The lowest BCUT2D eigenvalue weighted by molar-refractivity contribution is 0.599. The molecule has 52 heavy (non-hydrogen) atoms. The lowest BCUT2D eigenvalue weighted by Gasteiger charge is -2.29. The van der Waals surface area contributed by atoms with Gasteiger partial charge in [-0.05, 0) is 118 Å². The Morgan fingerprint density at radius 1 is 0.712 bits per heavy atom. The van der Waals surface area contributed by atoms with Crippen molar-refractivity contribution in [3.63, 3.8) is 0 Å². The lowest BCUT2D eigenvalue weighted by Crippen LogP contribution is -2.27. The maximum Gasteiger partial charge on any atom is 0.317 e. The van der Waals surface area contributed by atoms with Crippen molar-refractivity contribution < 1.29 is 0 Å². The third-order valence-corrected chi connectivity index (χ3v) is 12.0. The summed E-state index contributed by atoms with van der Waals surface area (Å²) in [5.41, 5.74) is 19.5. The van der Waals surface area contributed by atoms with Crippen molar-refractivity contribution in [3.05, 3.63) is 173 Å². The molecule has 3 unspecified atom stereocenters. The Balaban J connectivity index is 0.936. The van der Waals surface area contributed by atoms with Crippen LogP contribution in [-0.2, 0) is 6.42 Å². The molecule has 6 aromatic rings. The Morgan fingerprint density at radius 3 is 2.50 bits per heavy atom. The average Bonchev–Trinajstić information content (AvgIpc) is 4.04. The maximum absolute atomic E-state index is 4.89. The number of nitrogens with zero attached hydrogens (tertiary/aromatic N) is 4. The summed E-state index contributed by atoms with van der Waals surface area (Å²) in [5.74, 6) is 0.433. The summed E-state index contributed by atoms with van der Waals surface area (Å²) < 4.78 is 6.87. The third kappa shape index (κ3) is 4.28. The smallest absolute Gasteiger partial charge is 0.317 e. The number of para-hydroxylation sites is 1. The fourth-order valence-electron chi connectivity index (χ4n) is 9.54. The molecule has 0 saturated carbocycles. The van der Waals surface area contributed by atoms with E-state index in [0.29, 0.717) is 5.92 Å². The summed E-state index contributed by atoms with van der Waals surface area (Å²) in [6.45, 7) is 2.29. The molecule has 0 bridgehead atoms. The van der Waals surface area contributed by atoms with Crippen molar-refractivity contribution in [2.75, 3.05) is 4.90 Å². The number of aromatic nitrogens is 1. The van der Waals surface area contributed by atoms with Gasteiger partial charge in [-0.3, -0.25) is 4.99 Å². The van der Waals surface area contributed by atoms with Gasteiger partial charge in [0.1, 0.15) is 5.69 Å². The largest absolute Gasteiger partial charge is 0.330 e. The second-order valence-electron chi connectivity index (χ2n) is 14.6. The summed E-state index contributed by atoms with van der Waals surface area (Å²) >= 11 is 0. The zero-order valence-electron chi connectivity index (χ0n) is 29.1. The number of hydrogen-bond acceptors (Lipinski definition) is 2. The number of rotatable bonds is 7. The van der Waals surface area contributed by atoms with Crippen LogP contribution < -0.4 is 9.57 Å². The van der Waals surface area contributed by atoms with Gasteiger partial charge in [-0.2, -0.15) is 0 Å². The molecule has 5 aliphatic rings. The molecule has 0 saturated heterocycles. The van der Waals surface area contributed by atoms with Gasteiger partial charge in [-0.15, -0.1) is 0 Å². The van der Waals surface area contributed by atoms with E-state index in [2.05, 4.69) is 155 Å². The first-order valence-electron chi connectivity index (χ1n) is 18.6. The van der Waals surface area contributed by atoms with Crippen LogP contribution in [0.25, 0.3) is 38.9 Å². The Morgan fingerprint density at radius 2 is 1.58 bits per heavy atom. The minimum absolute atomic E-state index is 0.227. The summed E-state index contributed by atoms with van der Waals surface area (Å²) in [6.07, 6.45) is 16.1. The number of fused-ring (bicyclic) bond motifs is 9. The molecule has 4 nitrogen and oxygen atoms in total. The normalized spacial score (nSPS) is 19.8. The monoisotopic (exact) mass is 669 g/mol. The Labute approximate surface area is 303 Å². The van der Waals surface area contributed by atoms with Crippen LogP contribution in [0.1, 0.15) is 59.2 Å². The lowest BCUT2D eigenvalue weighted by atomic mass is 9.90. The van der Waals surface area contributed by atoms with E-state index < -0.39 is 0 Å². The van der Waals surface area contributed by atoms with E-state index in [4.69, 9.17) is 4.99 Å². The molecule has 4 heteroatoms. The fraction of sp³-hybridized carbons (Fsp3) is 0.146. The molecule has 11 rings (SSSR count). The highest BCUT2D eigenvalue weighted by atomic mass is 15.2. The maximum atomic E-state index is 4.89. The van der Waals surface area contributed by atoms with Gasteiger partial charge in [0.25, 0.3) is 0 Å². The quantitative estimate of drug-likeness (QED) is 0.156. The van der Waals surface area contributed by atoms with Gasteiger partial charge in [-0.25, -0.2) is 0 Å². The van der Waals surface area contributed by atoms with E-state index >= 15 is 0 Å². The zero-order chi connectivity index (χ0) is 34.3. The van der Waals surface area contributed by atoms with E-state index in [1.54, 1.807) is 0 Å². The van der Waals surface area contributed by atoms with Crippen molar-refractivity contribution in [1.29, 1.82) is 0 Å². The van der Waals surface area contributed by atoms with Crippen LogP contribution in [0.5, 0.6) is 0 Å². The SMILES string of the molecule is CCC1=CC=C2c3cc(CCC4c5ccccc5C5=CC=NC54)ccc3N(c3cccc(-c4ccc5c(c4)c4c(n5-c5ccccc5)C=[N+]=C4)c3)C12. The summed E-state index contributed by atoms with van der Waals surface area (Å²) in [7, 11) is 0. The molecule has 0 fully saturated rings. The molecule has 2 aliphatic carbocycles. The number of anilines is 2. The van der Waals surface area contributed by atoms with E-state index in [-0.39, 0.29) is 12.1 Å². The zero-order valence-corrected chi connectivity index (χ0v) is 29.1. The number of aryl methyl sites for hydroxylation is 1. The van der Waals surface area contributed by atoms with Gasteiger partial charge in [0, 0.05) is 40.1 Å². The van der Waals surface area contributed by atoms with Crippen LogP contribution in [-0.4, -0.2) is 35.3 Å². The van der Waals surface area contributed by atoms with Crippen molar-refractivity contribution in [2.45, 2.75) is 44.2 Å². The van der Waals surface area contributed by atoms with Crippen LogP contribution in [0.2, 0.25) is 0 Å². The Bertz CT molecular complexity index is 2680. The van der Waals surface area contributed by atoms with Gasteiger partial charge in [0.05, 0.1) is 23.2 Å². The second kappa shape index (κ2) is 11.4. The molecular formula is C48H37N4+. The van der Waals surface area contributed by atoms with Crippen LogP contribution >= 0.6 is 0 Å². The van der Waals surface area contributed by atoms with E-state index in [0.717, 1.165) is 30.6 Å². The molecule has 3 atom stereocenters. The van der Waals surface area contributed by atoms with E-state index in [1.165, 1.54) is 77.9 Å². The van der Waals surface area contributed by atoms with Gasteiger partial charge in [-0.1, -0.05) is 90.5 Å². The minimum Gasteiger partial charge on any atom is -0.330 e. The Hall–Kier alpha value is -6.22. The first kappa shape index (κ1) is 29.5. The van der Waals surface area contributed by atoms with Gasteiger partial charge in [0.2, 0.25) is 0 Å². The number of aliphatic imine (C=N–C) groups is 1. The average molecular weight is 670 g/mol. The predicted molar refractivity (Wildman–Crippen MR) is 218 cm³/mol. The molecule has 0 radical (unpaired) electrons. The highest BCUT2D eigenvalue weighted by molar-refractivity contribution is 6.12. The Kier molecular flexibility index (Phi) is 6.47. The molecule has 0 amide bonds. The molecule has 248 valence electrons. The summed E-state index contributed by atoms with van der Waals surface area (Å²) in [5, 5.41) is 1.23. The highest BCUT2D eigenvalue weighted by Gasteiger charge is 2.40. The van der Waals surface area contributed by atoms with E-state index in [1.807, 2.05) is 18.6 Å². The van der Waals surface area contributed by atoms with Crippen molar-refractivity contribution in [3.8, 4) is 16.8 Å². The molecule has 3 aliphatic heterocycles. The molecule has 1 aromatic heterocycles. The van der Waals surface area contributed by atoms with Crippen LogP contribution in [0.3, 0.4) is 0 Å². The molecule has 0 spiro atoms. The molecular weight excluding hydrogens is 633 g/mol. The van der Waals surface area contributed by atoms with Gasteiger partial charge >= 0.3 is 12.4 Å². The molecule has 0 N–H and O–H groups in total. The number of allylic oxidation sites excluding steroid dienone is 3. The highest BCUT2D eigenvalue weighted by Crippen LogP contribution is 2.52. The predicted octanol–water partition coefficient (Wildman–Crippen LogP) is 10.0. The number of hydrogen-bond donors (Lipinski definition) is 0. The molecule has 5 aromatic carbocycles. The third-order valence-electron chi connectivity index (χ3n) is 12.0. The first-order valence-corrected chi connectivity index (χ1v) is 18.6. The van der Waals surface area contributed by atoms with Crippen molar-refractivity contribution in [1.82, 2.24) is 9.24 Å². The number of benzene rings is 5.